The minimum absolute atomic E-state index is 0.0731. The largest absolute Gasteiger partial charge is 0.479 e. The lowest BCUT2D eigenvalue weighted by atomic mass is 9.94. The Labute approximate surface area is 244 Å². The molecular weight excluding hydrogens is 588 g/mol. The fraction of sp³-hybridized carbons (Fsp3) is 0.783. The van der Waals surface area contributed by atoms with Gasteiger partial charge in [0, 0.05) is 13.8 Å². The first-order valence-corrected chi connectivity index (χ1v) is 12.9. The quantitative estimate of drug-likeness (QED) is 0.0798. The molecule has 20 heteroatoms. The minimum Gasteiger partial charge on any atom is -0.479 e. The Morgan fingerprint density at radius 2 is 1.56 bits per heavy atom. The van der Waals surface area contributed by atoms with Crippen LogP contribution >= 0.6 is 0 Å². The van der Waals surface area contributed by atoms with Crippen molar-refractivity contribution in [3.05, 3.63) is 0 Å². The maximum atomic E-state index is 12.3. The van der Waals surface area contributed by atoms with Gasteiger partial charge in [0.1, 0.15) is 48.7 Å². The number of hydrogen-bond donors (Lipinski definition) is 11. The summed E-state index contributed by atoms with van der Waals surface area (Å²) in [6.45, 7) is 2.40. The van der Waals surface area contributed by atoms with E-state index in [1.54, 1.807) is 0 Å². The Hall–Kier alpha value is -3.05. The van der Waals surface area contributed by atoms with E-state index in [0.717, 1.165) is 20.8 Å². The van der Waals surface area contributed by atoms with Crippen molar-refractivity contribution in [1.82, 2.24) is 16.0 Å². The Morgan fingerprint density at radius 1 is 0.953 bits per heavy atom. The number of amides is 4. The molecule has 0 saturated carbocycles. The Kier molecular flexibility index (Phi) is 13.1. The molecule has 0 spiro atoms. The molecule has 2 aliphatic heterocycles. The monoisotopic (exact) mass is 626 g/mol. The molecule has 2 heterocycles. The molecule has 43 heavy (non-hydrogen) atoms. The molecule has 0 aromatic heterocycles. The lowest BCUT2D eigenvalue weighted by molar-refractivity contribution is -0.329. The highest BCUT2D eigenvalue weighted by Gasteiger charge is 2.55. The molecular formula is C23H38N4O16. The number of nitrogens with one attached hydrogen (secondary N) is 3. The van der Waals surface area contributed by atoms with Gasteiger partial charge in [-0.1, -0.05) is 0 Å². The van der Waals surface area contributed by atoms with Crippen LogP contribution in [0.3, 0.4) is 0 Å². The SMILES string of the molecule is CC(=O)NC(CO)C(OC1OC(C(=O)O)C(OC2OC(C(N)=O)C(O)C(O)C2NC(C)=O)C(O)C1NC=O)C(O)C(C)O. The van der Waals surface area contributed by atoms with Gasteiger partial charge in [-0.3, -0.25) is 19.2 Å². The highest BCUT2D eigenvalue weighted by molar-refractivity contribution is 5.80. The van der Waals surface area contributed by atoms with Crippen LogP contribution in [0.2, 0.25) is 0 Å². The normalized spacial score (nSPS) is 35.5. The molecule has 14 atom stereocenters. The van der Waals surface area contributed by atoms with E-state index < -0.39 is 116 Å². The first kappa shape index (κ1) is 36.1. The summed E-state index contributed by atoms with van der Waals surface area (Å²) in [7, 11) is 0. The topological polar surface area (TPSA) is 326 Å². The van der Waals surface area contributed by atoms with Crippen molar-refractivity contribution in [2.75, 3.05) is 6.61 Å². The standard InChI is InChI=1S/C23H38N4O16/c1-6(30)12(33)16(9(4-28)26-7(2)31)40-22-10(25-5-29)14(35)17(19(43-22)21(38)39)41-23-11(27-8(3)32)13(34)15(36)18(42-23)20(24)37/h5-6,9-19,22-23,28,30,33-36H,4H2,1-3H3,(H2,24,37)(H,25,29)(H,26,31)(H,27,32)(H,38,39). The van der Waals surface area contributed by atoms with E-state index in [0.29, 0.717) is 0 Å². The van der Waals surface area contributed by atoms with Crippen LogP contribution in [0.25, 0.3) is 0 Å². The number of hydrogen-bond acceptors (Lipinski definition) is 15. The number of carboxylic acids is 1. The third-order valence-corrected chi connectivity index (χ3v) is 6.73. The van der Waals surface area contributed by atoms with Crippen molar-refractivity contribution in [2.45, 2.75) is 106 Å². The van der Waals surface area contributed by atoms with Crippen molar-refractivity contribution in [2.24, 2.45) is 5.73 Å². The van der Waals surface area contributed by atoms with Gasteiger partial charge in [0.2, 0.25) is 24.1 Å². The molecule has 20 nitrogen and oxygen atoms in total. The number of aliphatic carboxylic acids is 1. The molecule has 246 valence electrons. The fourth-order valence-corrected chi connectivity index (χ4v) is 4.67. The van der Waals surface area contributed by atoms with Crippen LogP contribution in [0, 0.1) is 0 Å². The van der Waals surface area contributed by atoms with Gasteiger partial charge in [-0.2, -0.15) is 0 Å². The summed E-state index contributed by atoms with van der Waals surface area (Å²) in [6.07, 6.45) is -20.9. The predicted octanol–water partition coefficient (Wildman–Crippen LogP) is -7.28. The summed E-state index contributed by atoms with van der Waals surface area (Å²) in [4.78, 5) is 58.9. The van der Waals surface area contributed by atoms with E-state index in [1.807, 2.05) is 0 Å². The average Bonchev–Trinajstić information content (AvgIpc) is 2.91. The average molecular weight is 627 g/mol. The molecule has 0 aromatic carbocycles. The first-order valence-electron chi connectivity index (χ1n) is 12.9. The van der Waals surface area contributed by atoms with Gasteiger partial charge in [0.05, 0.1) is 18.8 Å². The second kappa shape index (κ2) is 15.6. The number of aliphatic hydroxyl groups is 6. The summed E-state index contributed by atoms with van der Waals surface area (Å²) in [6, 6.07) is -4.74. The molecule has 2 fully saturated rings. The summed E-state index contributed by atoms with van der Waals surface area (Å²) < 4.78 is 22.0. The van der Waals surface area contributed by atoms with Gasteiger partial charge in [0.15, 0.2) is 24.8 Å². The molecule has 0 aliphatic carbocycles. The van der Waals surface area contributed by atoms with E-state index in [4.69, 9.17) is 24.7 Å². The van der Waals surface area contributed by atoms with Crippen LogP contribution in [0.5, 0.6) is 0 Å². The molecule has 0 bridgehead atoms. The number of aliphatic hydroxyl groups excluding tert-OH is 6. The van der Waals surface area contributed by atoms with Gasteiger partial charge in [-0.15, -0.1) is 0 Å². The molecule has 2 aliphatic rings. The second-order valence-electron chi connectivity index (χ2n) is 10.0. The highest BCUT2D eigenvalue weighted by atomic mass is 16.7. The predicted molar refractivity (Wildman–Crippen MR) is 135 cm³/mol. The lowest BCUT2D eigenvalue weighted by Gasteiger charge is -2.47. The van der Waals surface area contributed by atoms with Crippen LogP contribution in [-0.2, 0) is 42.9 Å². The van der Waals surface area contributed by atoms with E-state index in [1.165, 1.54) is 0 Å². The van der Waals surface area contributed by atoms with Gasteiger partial charge in [-0.25, -0.2) is 4.79 Å². The minimum atomic E-state index is -2.18. The Balaban J connectivity index is 2.48. The zero-order chi connectivity index (χ0) is 32.8. The second-order valence-corrected chi connectivity index (χ2v) is 10.0. The first-order chi connectivity index (χ1) is 20.0. The van der Waals surface area contributed by atoms with Crippen molar-refractivity contribution >= 4 is 30.1 Å². The number of ether oxygens (including phenoxy) is 4. The van der Waals surface area contributed by atoms with E-state index in [9.17, 15) is 59.7 Å². The summed E-state index contributed by atoms with van der Waals surface area (Å²) >= 11 is 0. The van der Waals surface area contributed by atoms with Crippen LogP contribution < -0.4 is 21.7 Å². The van der Waals surface area contributed by atoms with Crippen LogP contribution in [0.1, 0.15) is 20.8 Å². The summed E-state index contributed by atoms with van der Waals surface area (Å²) in [5.74, 6) is -4.49. The molecule has 0 radical (unpaired) electrons. The number of carbonyl (C=O) groups excluding carboxylic acids is 4. The Morgan fingerprint density at radius 3 is 2.02 bits per heavy atom. The number of primary amides is 1. The van der Waals surface area contributed by atoms with Gasteiger partial charge < -0.3 is 76.4 Å². The third kappa shape index (κ3) is 8.75. The zero-order valence-corrected chi connectivity index (χ0v) is 23.2. The van der Waals surface area contributed by atoms with Crippen molar-refractivity contribution < 1.29 is 78.7 Å². The molecule has 12 N–H and O–H groups in total. The van der Waals surface area contributed by atoms with Crippen LogP contribution in [0.15, 0.2) is 0 Å². The van der Waals surface area contributed by atoms with Crippen LogP contribution in [-0.4, -0.2) is 158 Å². The fourth-order valence-electron chi connectivity index (χ4n) is 4.67. The van der Waals surface area contributed by atoms with E-state index >= 15 is 0 Å². The van der Waals surface area contributed by atoms with Crippen LogP contribution in [0.4, 0.5) is 0 Å². The number of carbonyl (C=O) groups is 5. The van der Waals surface area contributed by atoms with Crippen molar-refractivity contribution in [3.8, 4) is 0 Å². The summed E-state index contributed by atoms with van der Waals surface area (Å²) in [5, 5.41) is 78.9. The number of nitrogens with two attached hydrogens (primary N) is 1. The van der Waals surface area contributed by atoms with Crippen molar-refractivity contribution in [3.63, 3.8) is 0 Å². The molecule has 2 saturated heterocycles. The molecule has 2 rings (SSSR count). The van der Waals surface area contributed by atoms with E-state index in [-0.39, 0.29) is 6.41 Å². The van der Waals surface area contributed by atoms with Gasteiger partial charge in [0.25, 0.3) is 0 Å². The summed E-state index contributed by atoms with van der Waals surface area (Å²) in [5.41, 5.74) is 5.21. The third-order valence-electron chi connectivity index (χ3n) is 6.73. The smallest absolute Gasteiger partial charge is 0.335 e. The van der Waals surface area contributed by atoms with E-state index in [2.05, 4.69) is 16.0 Å². The Bertz CT molecular complexity index is 1000. The highest BCUT2D eigenvalue weighted by Crippen LogP contribution is 2.31. The molecule has 0 aromatic rings. The molecule has 4 amide bonds. The number of rotatable bonds is 14. The number of carboxylic acid groups (broad SMARTS) is 1. The molecule has 14 unspecified atom stereocenters. The maximum Gasteiger partial charge on any atom is 0.335 e. The van der Waals surface area contributed by atoms with Crippen molar-refractivity contribution in [1.29, 1.82) is 0 Å². The van der Waals surface area contributed by atoms with Gasteiger partial charge in [-0.05, 0) is 6.92 Å². The maximum absolute atomic E-state index is 12.3. The van der Waals surface area contributed by atoms with Gasteiger partial charge >= 0.3 is 5.97 Å². The zero-order valence-electron chi connectivity index (χ0n) is 23.2. The lowest BCUT2D eigenvalue weighted by Crippen LogP contribution is -2.70.